The summed E-state index contributed by atoms with van der Waals surface area (Å²) in [4.78, 5) is 0.196. The van der Waals surface area contributed by atoms with Crippen LogP contribution in [0.5, 0.6) is 0 Å². The lowest BCUT2D eigenvalue weighted by Gasteiger charge is -2.27. The number of likely N-dealkylation sites (N-methyl/N-ethyl adjacent to an activating group) is 1. The van der Waals surface area contributed by atoms with E-state index in [1.165, 1.54) is 16.4 Å². The summed E-state index contributed by atoms with van der Waals surface area (Å²) in [5.74, 6) is -0.415. The molecule has 0 aromatic heterocycles. The number of benzene rings is 1. The van der Waals surface area contributed by atoms with Crippen molar-refractivity contribution >= 4 is 10.0 Å². The van der Waals surface area contributed by atoms with Crippen LogP contribution in [0.4, 0.5) is 4.39 Å². The summed E-state index contributed by atoms with van der Waals surface area (Å²) < 4.78 is 45.7. The molecule has 1 atom stereocenters. The lowest BCUT2D eigenvalue weighted by molar-refractivity contribution is 0.00858. The van der Waals surface area contributed by atoms with Gasteiger partial charge in [-0.15, -0.1) is 0 Å². The Bertz CT molecular complexity index is 586. The van der Waals surface area contributed by atoms with E-state index >= 15 is 0 Å². The molecule has 0 aliphatic carbocycles. The van der Waals surface area contributed by atoms with Gasteiger partial charge in [-0.2, -0.15) is 4.31 Å². The number of hydrogen-bond acceptors (Lipinski definition) is 3. The highest BCUT2D eigenvalue weighted by Gasteiger charge is 2.28. The third kappa shape index (κ3) is 3.62. The molecular formula is C15H22FNO3S. The minimum absolute atomic E-state index is 0.0559. The van der Waals surface area contributed by atoms with Crippen LogP contribution in [0.3, 0.4) is 0 Å². The maximum Gasteiger partial charge on any atom is 0.243 e. The average molecular weight is 315 g/mol. The molecule has 0 bridgehead atoms. The van der Waals surface area contributed by atoms with Gasteiger partial charge in [0.05, 0.1) is 11.0 Å². The van der Waals surface area contributed by atoms with E-state index in [9.17, 15) is 12.8 Å². The Kier molecular flexibility index (Phi) is 5.01. The highest BCUT2D eigenvalue weighted by atomic mass is 32.2. The minimum Gasteiger partial charge on any atom is -0.377 e. The zero-order chi connectivity index (χ0) is 15.6. The molecule has 1 saturated heterocycles. The SMILES string of the molecule is Cc1cc(F)cc(C)c1S(=O)(=O)N(C)CC1CCCCO1. The van der Waals surface area contributed by atoms with Crippen molar-refractivity contribution in [2.24, 2.45) is 0 Å². The molecule has 1 fully saturated rings. The van der Waals surface area contributed by atoms with Crippen molar-refractivity contribution in [3.63, 3.8) is 0 Å². The summed E-state index contributed by atoms with van der Waals surface area (Å²) in [6, 6.07) is 2.51. The Labute approximate surface area is 126 Å². The maximum atomic E-state index is 13.3. The van der Waals surface area contributed by atoms with Crippen LogP contribution >= 0.6 is 0 Å². The number of sulfonamides is 1. The molecule has 1 aliphatic rings. The number of halogens is 1. The molecule has 0 radical (unpaired) electrons. The Balaban J connectivity index is 2.24. The van der Waals surface area contributed by atoms with Crippen LogP contribution < -0.4 is 0 Å². The third-order valence-corrected chi connectivity index (χ3v) is 5.96. The zero-order valence-corrected chi connectivity index (χ0v) is 13.5. The normalized spacial score (nSPS) is 20.0. The summed E-state index contributed by atoms with van der Waals surface area (Å²) in [6.45, 7) is 4.26. The van der Waals surface area contributed by atoms with E-state index in [1.54, 1.807) is 20.9 Å². The van der Waals surface area contributed by atoms with E-state index in [2.05, 4.69) is 0 Å². The number of aryl methyl sites for hydroxylation is 2. The van der Waals surface area contributed by atoms with Gasteiger partial charge in [-0.3, -0.25) is 0 Å². The van der Waals surface area contributed by atoms with Gasteiger partial charge < -0.3 is 4.74 Å². The topological polar surface area (TPSA) is 46.6 Å². The molecule has 2 rings (SSSR count). The Morgan fingerprint density at radius 2 is 1.90 bits per heavy atom. The standard InChI is InChI=1S/C15H22FNO3S/c1-11-8-13(16)9-12(2)15(11)21(18,19)17(3)10-14-6-4-5-7-20-14/h8-9,14H,4-7,10H2,1-3H3. The van der Waals surface area contributed by atoms with Crippen LogP contribution in [0.15, 0.2) is 17.0 Å². The molecule has 1 aromatic rings. The van der Waals surface area contributed by atoms with E-state index in [1.807, 2.05) is 0 Å². The van der Waals surface area contributed by atoms with Gasteiger partial charge in [0, 0.05) is 20.2 Å². The highest BCUT2D eigenvalue weighted by Crippen LogP contribution is 2.25. The first kappa shape index (κ1) is 16.4. The van der Waals surface area contributed by atoms with E-state index in [0.717, 1.165) is 19.3 Å². The second-order valence-electron chi connectivity index (χ2n) is 5.64. The van der Waals surface area contributed by atoms with Crippen LogP contribution in [0.2, 0.25) is 0 Å². The van der Waals surface area contributed by atoms with Crippen molar-refractivity contribution in [3.8, 4) is 0 Å². The van der Waals surface area contributed by atoms with Gasteiger partial charge in [0.2, 0.25) is 10.0 Å². The van der Waals surface area contributed by atoms with Crippen LogP contribution in [-0.2, 0) is 14.8 Å². The van der Waals surface area contributed by atoms with Gasteiger partial charge in [0.25, 0.3) is 0 Å². The second-order valence-corrected chi connectivity index (χ2v) is 7.62. The summed E-state index contributed by atoms with van der Waals surface area (Å²) >= 11 is 0. The first-order valence-electron chi connectivity index (χ1n) is 7.17. The fraction of sp³-hybridized carbons (Fsp3) is 0.600. The predicted octanol–water partition coefficient (Wildman–Crippen LogP) is 2.63. The summed E-state index contributed by atoms with van der Waals surface area (Å²) in [5, 5.41) is 0. The second kappa shape index (κ2) is 6.42. The minimum atomic E-state index is -3.63. The Morgan fingerprint density at radius 3 is 2.43 bits per heavy atom. The summed E-state index contributed by atoms with van der Waals surface area (Å²) in [5.41, 5.74) is 0.868. The number of nitrogens with zero attached hydrogens (tertiary/aromatic N) is 1. The van der Waals surface area contributed by atoms with Gasteiger partial charge in [-0.25, -0.2) is 12.8 Å². The first-order valence-corrected chi connectivity index (χ1v) is 8.61. The van der Waals surface area contributed by atoms with Crippen molar-refractivity contribution in [2.45, 2.75) is 44.1 Å². The smallest absolute Gasteiger partial charge is 0.243 e. The first-order chi connectivity index (χ1) is 9.82. The molecule has 0 spiro atoms. The number of rotatable bonds is 4. The van der Waals surface area contributed by atoms with Crippen molar-refractivity contribution < 1.29 is 17.5 Å². The van der Waals surface area contributed by atoms with Crippen molar-refractivity contribution in [2.75, 3.05) is 20.2 Å². The summed E-state index contributed by atoms with van der Waals surface area (Å²) in [7, 11) is -2.08. The fourth-order valence-electron chi connectivity index (χ4n) is 2.80. The van der Waals surface area contributed by atoms with Crippen LogP contribution in [0.25, 0.3) is 0 Å². The molecule has 1 unspecified atom stereocenters. The average Bonchev–Trinajstić information content (AvgIpc) is 2.38. The van der Waals surface area contributed by atoms with Gasteiger partial charge in [0.15, 0.2) is 0 Å². The lowest BCUT2D eigenvalue weighted by atomic mass is 10.1. The Morgan fingerprint density at radius 1 is 1.29 bits per heavy atom. The van der Waals surface area contributed by atoms with Crippen LogP contribution in [0.1, 0.15) is 30.4 Å². The molecule has 1 aromatic carbocycles. The van der Waals surface area contributed by atoms with Gasteiger partial charge in [0.1, 0.15) is 5.82 Å². The van der Waals surface area contributed by atoms with E-state index < -0.39 is 15.8 Å². The van der Waals surface area contributed by atoms with Crippen molar-refractivity contribution in [1.82, 2.24) is 4.31 Å². The van der Waals surface area contributed by atoms with E-state index in [-0.39, 0.29) is 11.0 Å². The van der Waals surface area contributed by atoms with E-state index in [0.29, 0.717) is 24.3 Å². The van der Waals surface area contributed by atoms with Crippen LogP contribution in [0, 0.1) is 19.7 Å². The fourth-order valence-corrected chi connectivity index (χ4v) is 4.40. The summed E-state index contributed by atoms with van der Waals surface area (Å²) in [6.07, 6.45) is 2.91. The van der Waals surface area contributed by atoms with Crippen LogP contribution in [-0.4, -0.2) is 39.0 Å². The predicted molar refractivity (Wildman–Crippen MR) is 79.3 cm³/mol. The monoisotopic (exact) mass is 315 g/mol. The molecule has 21 heavy (non-hydrogen) atoms. The largest absolute Gasteiger partial charge is 0.377 e. The van der Waals surface area contributed by atoms with Gasteiger partial charge >= 0.3 is 0 Å². The Hall–Kier alpha value is -0.980. The molecule has 6 heteroatoms. The third-order valence-electron chi connectivity index (χ3n) is 3.83. The van der Waals surface area contributed by atoms with Gasteiger partial charge in [-0.1, -0.05) is 0 Å². The molecule has 1 heterocycles. The number of hydrogen-bond donors (Lipinski definition) is 0. The zero-order valence-electron chi connectivity index (χ0n) is 12.7. The lowest BCUT2D eigenvalue weighted by Crippen LogP contribution is -2.37. The molecule has 4 nitrogen and oxygen atoms in total. The molecule has 0 N–H and O–H groups in total. The van der Waals surface area contributed by atoms with Crippen molar-refractivity contribution in [1.29, 1.82) is 0 Å². The number of ether oxygens (including phenoxy) is 1. The van der Waals surface area contributed by atoms with Gasteiger partial charge in [-0.05, 0) is 56.4 Å². The molecule has 118 valence electrons. The highest BCUT2D eigenvalue weighted by molar-refractivity contribution is 7.89. The van der Waals surface area contributed by atoms with E-state index in [4.69, 9.17) is 4.74 Å². The molecule has 0 saturated carbocycles. The maximum absolute atomic E-state index is 13.3. The molecule has 0 amide bonds. The quantitative estimate of drug-likeness (QED) is 0.858. The molecular weight excluding hydrogens is 293 g/mol. The molecule has 1 aliphatic heterocycles. The van der Waals surface area contributed by atoms with Crippen molar-refractivity contribution in [3.05, 3.63) is 29.1 Å².